The van der Waals surface area contributed by atoms with Crippen LogP contribution in [0.5, 0.6) is 5.75 Å². The number of hydrogen-bond acceptors (Lipinski definition) is 5. The Labute approximate surface area is 186 Å². The quantitative estimate of drug-likeness (QED) is 0.534. The lowest BCUT2D eigenvalue weighted by atomic mass is 10.0. The van der Waals surface area contributed by atoms with Crippen LogP contribution in [0.2, 0.25) is 0 Å². The van der Waals surface area contributed by atoms with Crippen LogP contribution < -0.4 is 15.4 Å². The Morgan fingerprint density at radius 1 is 1.03 bits per heavy atom. The number of carbonyl (C=O) groups excluding carboxylic acids is 2. The molecule has 2 N–H and O–H groups in total. The van der Waals surface area contributed by atoms with E-state index in [1.807, 2.05) is 54.8 Å². The molecule has 0 saturated heterocycles. The molecule has 0 fully saturated rings. The van der Waals surface area contributed by atoms with Crippen molar-refractivity contribution in [1.29, 1.82) is 0 Å². The first-order chi connectivity index (χ1) is 14.9. The van der Waals surface area contributed by atoms with Gasteiger partial charge in [0.05, 0.1) is 26.2 Å². The largest absolute Gasteiger partial charge is 0.497 e. The molecule has 0 aliphatic rings. The van der Waals surface area contributed by atoms with Crippen molar-refractivity contribution >= 4 is 28.8 Å². The van der Waals surface area contributed by atoms with Gasteiger partial charge >= 0.3 is 0 Å². The molecule has 0 saturated carbocycles. The predicted octanol–water partition coefficient (Wildman–Crippen LogP) is 3.84. The van der Waals surface area contributed by atoms with E-state index in [-0.39, 0.29) is 30.9 Å². The Morgan fingerprint density at radius 2 is 1.77 bits per heavy atom. The molecule has 1 atom stereocenters. The second kappa shape index (κ2) is 10.7. The fraction of sp³-hybridized carbons (Fsp3) is 0.250. The van der Waals surface area contributed by atoms with Crippen LogP contribution in [0.25, 0.3) is 0 Å². The summed E-state index contributed by atoms with van der Waals surface area (Å²) in [6, 6.07) is 19.1. The van der Waals surface area contributed by atoms with Crippen molar-refractivity contribution in [2.75, 3.05) is 32.6 Å². The summed E-state index contributed by atoms with van der Waals surface area (Å²) in [6.07, 6.45) is 0. The molecule has 6 nitrogen and oxygen atoms in total. The zero-order chi connectivity index (χ0) is 22.2. The van der Waals surface area contributed by atoms with E-state index >= 15 is 0 Å². The van der Waals surface area contributed by atoms with Gasteiger partial charge in [-0.15, -0.1) is 11.3 Å². The average Bonchev–Trinajstić information content (AvgIpc) is 3.27. The van der Waals surface area contributed by atoms with Gasteiger partial charge < -0.3 is 15.4 Å². The van der Waals surface area contributed by atoms with Crippen LogP contribution in [-0.2, 0) is 9.59 Å². The molecule has 2 amide bonds. The van der Waals surface area contributed by atoms with Crippen LogP contribution in [0, 0.1) is 6.92 Å². The van der Waals surface area contributed by atoms with Gasteiger partial charge in [-0.2, -0.15) is 0 Å². The third-order valence-corrected chi connectivity index (χ3v) is 5.66. The van der Waals surface area contributed by atoms with Crippen molar-refractivity contribution in [2.24, 2.45) is 0 Å². The first-order valence-corrected chi connectivity index (χ1v) is 10.8. The van der Waals surface area contributed by atoms with Gasteiger partial charge in [0.2, 0.25) is 11.8 Å². The molecule has 0 aliphatic carbocycles. The average molecular weight is 438 g/mol. The van der Waals surface area contributed by atoms with E-state index in [9.17, 15) is 9.59 Å². The second-order valence-electron chi connectivity index (χ2n) is 7.38. The number of ether oxygens (including phenoxy) is 1. The van der Waals surface area contributed by atoms with Crippen LogP contribution in [0.3, 0.4) is 0 Å². The smallest absolute Gasteiger partial charge is 0.238 e. The number of thiophene rings is 1. The van der Waals surface area contributed by atoms with Crippen molar-refractivity contribution in [3.8, 4) is 5.75 Å². The zero-order valence-corrected chi connectivity index (χ0v) is 18.7. The van der Waals surface area contributed by atoms with E-state index in [0.29, 0.717) is 11.4 Å². The molecule has 0 bridgehead atoms. The van der Waals surface area contributed by atoms with Crippen molar-refractivity contribution in [3.63, 3.8) is 0 Å². The second-order valence-corrected chi connectivity index (χ2v) is 8.36. The normalized spacial score (nSPS) is 11.7. The lowest BCUT2D eigenvalue weighted by Gasteiger charge is -2.21. The van der Waals surface area contributed by atoms with Crippen LogP contribution in [0.1, 0.15) is 22.0 Å². The number of anilines is 1. The van der Waals surface area contributed by atoms with Crippen molar-refractivity contribution in [3.05, 3.63) is 82.0 Å². The Hall–Kier alpha value is -3.16. The Morgan fingerprint density at radius 3 is 2.45 bits per heavy atom. The number of benzene rings is 2. The number of methoxy groups -OCH3 is 1. The molecule has 1 heterocycles. The third-order valence-electron chi connectivity index (χ3n) is 4.72. The standard InChI is InChI=1S/C24H27N3O3S/c1-17-9-11-18(12-10-17)24(21-8-5-13-31-21)26-23(29)16-27(2)15-22(28)25-19-6-4-7-20(14-19)30-3/h4-14,24H,15-16H2,1-3H3,(H,25,28)(H,26,29). The van der Waals surface area contributed by atoms with E-state index in [2.05, 4.69) is 10.6 Å². The van der Waals surface area contributed by atoms with E-state index in [1.165, 1.54) is 5.56 Å². The highest BCUT2D eigenvalue weighted by Crippen LogP contribution is 2.26. The lowest BCUT2D eigenvalue weighted by Crippen LogP contribution is -2.40. The van der Waals surface area contributed by atoms with E-state index in [0.717, 1.165) is 10.4 Å². The summed E-state index contributed by atoms with van der Waals surface area (Å²) in [4.78, 5) is 27.8. The maximum Gasteiger partial charge on any atom is 0.238 e. The predicted molar refractivity (Wildman–Crippen MR) is 125 cm³/mol. The molecule has 3 aromatic rings. The summed E-state index contributed by atoms with van der Waals surface area (Å²) in [6.45, 7) is 2.24. The van der Waals surface area contributed by atoms with Gasteiger partial charge in [-0.1, -0.05) is 42.0 Å². The topological polar surface area (TPSA) is 70.7 Å². The Kier molecular flexibility index (Phi) is 7.81. The molecule has 0 aliphatic heterocycles. The molecule has 2 aromatic carbocycles. The van der Waals surface area contributed by atoms with Crippen molar-refractivity contribution in [1.82, 2.24) is 10.2 Å². The van der Waals surface area contributed by atoms with Gasteiger partial charge in [0.1, 0.15) is 5.75 Å². The first kappa shape index (κ1) is 22.5. The Balaban J connectivity index is 1.57. The number of nitrogens with one attached hydrogen (secondary N) is 2. The van der Waals surface area contributed by atoms with Gasteiger partial charge in [-0.25, -0.2) is 0 Å². The molecule has 3 rings (SSSR count). The molecule has 7 heteroatoms. The zero-order valence-electron chi connectivity index (χ0n) is 17.9. The highest BCUT2D eigenvalue weighted by Gasteiger charge is 2.19. The minimum absolute atomic E-state index is 0.0961. The van der Waals surface area contributed by atoms with Gasteiger partial charge in [0.25, 0.3) is 0 Å². The van der Waals surface area contributed by atoms with Crippen molar-refractivity contribution in [2.45, 2.75) is 13.0 Å². The SMILES string of the molecule is COc1cccc(NC(=O)CN(C)CC(=O)NC(c2ccc(C)cc2)c2cccs2)c1. The monoisotopic (exact) mass is 437 g/mol. The third kappa shape index (κ3) is 6.67. The molecular formula is C24H27N3O3S. The van der Waals surface area contributed by atoms with Crippen LogP contribution in [-0.4, -0.2) is 44.0 Å². The van der Waals surface area contributed by atoms with Gasteiger partial charge in [0.15, 0.2) is 0 Å². The summed E-state index contributed by atoms with van der Waals surface area (Å²) < 4.78 is 5.17. The molecule has 1 aromatic heterocycles. The summed E-state index contributed by atoms with van der Waals surface area (Å²) in [5, 5.41) is 7.93. The molecule has 31 heavy (non-hydrogen) atoms. The molecule has 1 unspecified atom stereocenters. The fourth-order valence-electron chi connectivity index (χ4n) is 3.19. The number of hydrogen-bond donors (Lipinski definition) is 2. The number of aryl methyl sites for hydroxylation is 1. The van der Waals surface area contributed by atoms with Gasteiger partial charge in [-0.05, 0) is 43.1 Å². The number of amides is 2. The highest BCUT2D eigenvalue weighted by molar-refractivity contribution is 7.10. The van der Waals surface area contributed by atoms with Crippen molar-refractivity contribution < 1.29 is 14.3 Å². The minimum atomic E-state index is -0.216. The van der Waals surface area contributed by atoms with E-state index in [4.69, 9.17) is 4.74 Å². The maximum atomic E-state index is 12.7. The van der Waals surface area contributed by atoms with E-state index in [1.54, 1.807) is 48.6 Å². The van der Waals surface area contributed by atoms with Crippen LogP contribution in [0.4, 0.5) is 5.69 Å². The fourth-order valence-corrected chi connectivity index (χ4v) is 3.99. The number of rotatable bonds is 9. The summed E-state index contributed by atoms with van der Waals surface area (Å²) in [5.41, 5.74) is 2.85. The van der Waals surface area contributed by atoms with Crippen LogP contribution in [0.15, 0.2) is 66.0 Å². The molecule has 0 spiro atoms. The van der Waals surface area contributed by atoms with Gasteiger partial charge in [0, 0.05) is 16.6 Å². The Bertz CT molecular complexity index is 1000. The van der Waals surface area contributed by atoms with Crippen LogP contribution >= 0.6 is 11.3 Å². The number of nitrogens with zero attached hydrogens (tertiary/aromatic N) is 1. The molecule has 162 valence electrons. The lowest BCUT2D eigenvalue weighted by molar-refractivity contribution is -0.123. The summed E-state index contributed by atoms with van der Waals surface area (Å²) >= 11 is 1.60. The number of carbonyl (C=O) groups is 2. The maximum absolute atomic E-state index is 12.7. The summed E-state index contributed by atoms with van der Waals surface area (Å²) in [7, 11) is 3.32. The summed E-state index contributed by atoms with van der Waals surface area (Å²) in [5.74, 6) is 0.328. The number of likely N-dealkylation sites (N-methyl/N-ethyl adjacent to an activating group) is 1. The first-order valence-electron chi connectivity index (χ1n) is 9.96. The highest BCUT2D eigenvalue weighted by atomic mass is 32.1. The molecule has 0 radical (unpaired) electrons. The molecular weight excluding hydrogens is 410 g/mol. The minimum Gasteiger partial charge on any atom is -0.497 e. The van der Waals surface area contributed by atoms with Gasteiger partial charge in [-0.3, -0.25) is 14.5 Å². The van der Waals surface area contributed by atoms with E-state index < -0.39 is 0 Å².